The average Bonchev–Trinajstić information content (AvgIpc) is 2.80. The van der Waals surface area contributed by atoms with Crippen molar-refractivity contribution in [2.75, 3.05) is 5.43 Å². The van der Waals surface area contributed by atoms with Crippen LogP contribution >= 0.6 is 11.6 Å². The number of hydrazine groups is 1. The highest BCUT2D eigenvalue weighted by molar-refractivity contribution is 6.35. The number of anilines is 1. The fourth-order valence-electron chi connectivity index (χ4n) is 3.02. The van der Waals surface area contributed by atoms with E-state index in [9.17, 15) is 5.26 Å². The van der Waals surface area contributed by atoms with Gasteiger partial charge in [0.15, 0.2) is 5.82 Å². The number of aromatic nitrogens is 2. The number of nitrogen functional groups attached to an aromatic ring is 1. The van der Waals surface area contributed by atoms with E-state index in [0.717, 1.165) is 5.75 Å². The Morgan fingerprint density at radius 2 is 1.63 bits per heavy atom. The van der Waals surface area contributed by atoms with E-state index < -0.39 is 0 Å². The van der Waals surface area contributed by atoms with E-state index in [1.54, 1.807) is 30.5 Å². The van der Waals surface area contributed by atoms with E-state index in [1.165, 1.54) is 0 Å². The zero-order valence-corrected chi connectivity index (χ0v) is 16.5. The van der Waals surface area contributed by atoms with Crippen LogP contribution in [0.25, 0.3) is 22.5 Å². The van der Waals surface area contributed by atoms with Crippen molar-refractivity contribution in [2.24, 2.45) is 5.84 Å². The van der Waals surface area contributed by atoms with E-state index in [0.29, 0.717) is 34.1 Å². The Kier molecular flexibility index (Phi) is 5.57. The van der Waals surface area contributed by atoms with Crippen molar-refractivity contribution in [3.05, 3.63) is 89.6 Å². The fourth-order valence-corrected chi connectivity index (χ4v) is 3.34. The van der Waals surface area contributed by atoms with Gasteiger partial charge in [-0.3, -0.25) is 4.98 Å². The van der Waals surface area contributed by atoms with E-state index in [2.05, 4.69) is 21.5 Å². The summed E-state index contributed by atoms with van der Waals surface area (Å²) in [5.41, 5.74) is 4.98. The number of nitrogens with zero attached hydrogens (tertiary/aromatic N) is 3. The van der Waals surface area contributed by atoms with Crippen molar-refractivity contribution in [2.45, 2.75) is 0 Å². The van der Waals surface area contributed by atoms with Crippen LogP contribution in [0.3, 0.4) is 0 Å². The lowest BCUT2D eigenvalue weighted by molar-refractivity contribution is 0.483. The number of ether oxygens (including phenoxy) is 1. The van der Waals surface area contributed by atoms with Crippen LogP contribution in [0.1, 0.15) is 5.56 Å². The third-order valence-electron chi connectivity index (χ3n) is 4.41. The highest BCUT2D eigenvalue weighted by Gasteiger charge is 2.21. The van der Waals surface area contributed by atoms with Gasteiger partial charge in [-0.05, 0) is 48.5 Å². The second-order valence-corrected chi connectivity index (χ2v) is 6.66. The Bertz CT molecular complexity index is 1210. The maximum Gasteiger partial charge on any atom is 0.151 e. The van der Waals surface area contributed by atoms with Crippen molar-refractivity contribution in [1.29, 1.82) is 5.26 Å². The summed E-state index contributed by atoms with van der Waals surface area (Å²) in [5.74, 6) is 7.43. The molecular formula is C23H16ClN5O. The van der Waals surface area contributed by atoms with Crippen molar-refractivity contribution in [3.63, 3.8) is 0 Å². The summed E-state index contributed by atoms with van der Waals surface area (Å²) in [7, 11) is 0. The first kappa shape index (κ1) is 19.4. The van der Waals surface area contributed by atoms with Crippen LogP contribution < -0.4 is 16.0 Å². The van der Waals surface area contributed by atoms with Gasteiger partial charge in [-0.25, -0.2) is 10.8 Å². The Morgan fingerprint density at radius 1 is 0.933 bits per heavy atom. The number of para-hydroxylation sites is 1. The van der Waals surface area contributed by atoms with Crippen LogP contribution in [0.5, 0.6) is 11.5 Å². The van der Waals surface area contributed by atoms with Gasteiger partial charge in [-0.2, -0.15) is 5.26 Å². The van der Waals surface area contributed by atoms with Gasteiger partial charge < -0.3 is 10.2 Å². The first-order valence-corrected chi connectivity index (χ1v) is 9.44. The molecule has 3 N–H and O–H groups in total. The van der Waals surface area contributed by atoms with Gasteiger partial charge in [0, 0.05) is 11.8 Å². The summed E-state index contributed by atoms with van der Waals surface area (Å²) < 4.78 is 5.82. The second kappa shape index (κ2) is 8.62. The maximum atomic E-state index is 9.77. The van der Waals surface area contributed by atoms with E-state index in [4.69, 9.17) is 22.2 Å². The smallest absolute Gasteiger partial charge is 0.151 e. The van der Waals surface area contributed by atoms with Crippen molar-refractivity contribution in [3.8, 4) is 40.1 Å². The molecule has 7 heteroatoms. The molecule has 0 radical (unpaired) electrons. The minimum Gasteiger partial charge on any atom is -0.457 e. The molecule has 4 aromatic rings. The van der Waals surface area contributed by atoms with Crippen molar-refractivity contribution < 1.29 is 4.74 Å². The molecule has 4 rings (SSSR count). The average molecular weight is 414 g/mol. The molecule has 0 spiro atoms. The quantitative estimate of drug-likeness (QED) is 0.335. The minimum atomic E-state index is 0.235. The molecule has 0 amide bonds. The molecular weight excluding hydrogens is 398 g/mol. The standard InChI is InChI=1S/C23H16ClN5O/c24-21-18(14-25)22(28-23(29-26)20(21)19-8-4-5-13-27-19)15-9-11-17(12-10-15)30-16-6-2-1-3-7-16/h1-13H,26H2,(H,28,29). The molecule has 0 saturated carbocycles. The first-order chi connectivity index (χ1) is 14.7. The van der Waals surface area contributed by atoms with Gasteiger partial charge in [0.1, 0.15) is 17.6 Å². The van der Waals surface area contributed by atoms with Gasteiger partial charge in [-0.15, -0.1) is 0 Å². The molecule has 6 nitrogen and oxygen atoms in total. The predicted molar refractivity (Wildman–Crippen MR) is 117 cm³/mol. The highest BCUT2D eigenvalue weighted by atomic mass is 35.5. The highest BCUT2D eigenvalue weighted by Crippen LogP contribution is 2.39. The molecule has 0 saturated heterocycles. The van der Waals surface area contributed by atoms with Crippen molar-refractivity contribution in [1.82, 2.24) is 9.97 Å². The predicted octanol–water partition coefficient (Wildman–Crippen LogP) is 5.41. The van der Waals surface area contributed by atoms with Crippen LogP contribution in [0.2, 0.25) is 5.02 Å². The van der Waals surface area contributed by atoms with E-state index >= 15 is 0 Å². The molecule has 0 atom stereocenters. The van der Waals surface area contributed by atoms with Crippen LogP contribution in [0, 0.1) is 11.3 Å². The Balaban J connectivity index is 1.76. The number of hydrogen-bond donors (Lipinski definition) is 2. The summed E-state index contributed by atoms with van der Waals surface area (Å²) in [6.07, 6.45) is 1.64. The summed E-state index contributed by atoms with van der Waals surface area (Å²) in [5, 5.41) is 10.0. The zero-order valence-electron chi connectivity index (χ0n) is 15.7. The maximum absolute atomic E-state index is 9.77. The normalized spacial score (nSPS) is 10.3. The Morgan fingerprint density at radius 3 is 2.27 bits per heavy atom. The number of nitrogens with two attached hydrogens (primary N) is 1. The van der Waals surface area contributed by atoms with Crippen LogP contribution in [0.15, 0.2) is 79.0 Å². The summed E-state index contributed by atoms with van der Waals surface area (Å²) in [6.45, 7) is 0. The molecule has 2 heterocycles. The summed E-state index contributed by atoms with van der Waals surface area (Å²) in [6, 6.07) is 24.3. The molecule has 0 aliphatic heterocycles. The van der Waals surface area contributed by atoms with Crippen molar-refractivity contribution >= 4 is 17.4 Å². The number of hydrogen-bond acceptors (Lipinski definition) is 6. The van der Waals surface area contributed by atoms with Crippen LogP contribution in [-0.4, -0.2) is 9.97 Å². The molecule has 0 fully saturated rings. The Hall–Kier alpha value is -3.92. The molecule has 2 aromatic carbocycles. The topological polar surface area (TPSA) is 96.8 Å². The van der Waals surface area contributed by atoms with Crippen LogP contribution in [0.4, 0.5) is 5.82 Å². The number of rotatable bonds is 5. The number of benzene rings is 2. The minimum absolute atomic E-state index is 0.235. The second-order valence-electron chi connectivity index (χ2n) is 6.28. The zero-order chi connectivity index (χ0) is 20.9. The van der Waals surface area contributed by atoms with E-state index in [-0.39, 0.29) is 10.6 Å². The largest absolute Gasteiger partial charge is 0.457 e. The number of nitrogens with one attached hydrogen (secondary N) is 1. The third-order valence-corrected chi connectivity index (χ3v) is 4.79. The lowest BCUT2D eigenvalue weighted by Gasteiger charge is -2.15. The lowest BCUT2D eigenvalue weighted by atomic mass is 10.0. The van der Waals surface area contributed by atoms with Gasteiger partial charge in [-0.1, -0.05) is 35.9 Å². The molecule has 2 aromatic heterocycles. The molecule has 0 aliphatic rings. The number of pyridine rings is 2. The van der Waals surface area contributed by atoms with Gasteiger partial charge in [0.25, 0.3) is 0 Å². The molecule has 0 bridgehead atoms. The Labute approximate surface area is 178 Å². The lowest BCUT2D eigenvalue weighted by Crippen LogP contribution is -2.12. The molecule has 0 unspecified atom stereocenters. The van der Waals surface area contributed by atoms with Gasteiger partial charge >= 0.3 is 0 Å². The fraction of sp³-hybridized carbons (Fsp3) is 0. The number of halogens is 1. The number of nitriles is 1. The van der Waals surface area contributed by atoms with Crippen LogP contribution in [-0.2, 0) is 0 Å². The monoisotopic (exact) mass is 413 g/mol. The third kappa shape index (κ3) is 3.80. The summed E-state index contributed by atoms with van der Waals surface area (Å²) >= 11 is 6.60. The van der Waals surface area contributed by atoms with Gasteiger partial charge in [0.05, 0.1) is 27.5 Å². The molecule has 30 heavy (non-hydrogen) atoms. The molecule has 146 valence electrons. The molecule has 0 aliphatic carbocycles. The van der Waals surface area contributed by atoms with Gasteiger partial charge in [0.2, 0.25) is 0 Å². The first-order valence-electron chi connectivity index (χ1n) is 9.06. The SMILES string of the molecule is N#Cc1c(-c2ccc(Oc3ccccc3)cc2)nc(NN)c(-c2ccccn2)c1Cl. The van der Waals surface area contributed by atoms with E-state index in [1.807, 2.05) is 48.5 Å². The summed E-state index contributed by atoms with van der Waals surface area (Å²) in [4.78, 5) is 8.86.